The van der Waals surface area contributed by atoms with E-state index in [1.54, 1.807) is 18.3 Å². The van der Waals surface area contributed by atoms with Crippen LogP contribution in [0, 0.1) is 12.7 Å². The van der Waals surface area contributed by atoms with Gasteiger partial charge < -0.3 is 5.32 Å². The molecule has 1 heterocycles. The summed E-state index contributed by atoms with van der Waals surface area (Å²) in [7, 11) is 0. The standard InChI is InChI=1S/C22H21FN2O/c1-3-21(18-5-4-6-19(23)14-18)22(26)25-20-9-7-16(8-10-20)17-11-12-24-15(2)13-17/h4-14,21H,3H2,1-2H3,(H,25,26). The number of benzene rings is 2. The zero-order valence-electron chi connectivity index (χ0n) is 14.9. The van der Waals surface area contributed by atoms with Gasteiger partial charge in [0.2, 0.25) is 5.91 Å². The molecule has 0 aliphatic heterocycles. The Hall–Kier alpha value is -3.01. The average molecular weight is 348 g/mol. The van der Waals surface area contributed by atoms with Crippen molar-refractivity contribution < 1.29 is 9.18 Å². The molecular weight excluding hydrogens is 327 g/mol. The number of amides is 1. The largest absolute Gasteiger partial charge is 0.326 e. The summed E-state index contributed by atoms with van der Waals surface area (Å²) in [6.07, 6.45) is 2.38. The lowest BCUT2D eigenvalue weighted by Gasteiger charge is -2.16. The number of aryl methyl sites for hydroxylation is 1. The van der Waals surface area contributed by atoms with Crippen molar-refractivity contribution in [2.75, 3.05) is 5.32 Å². The summed E-state index contributed by atoms with van der Waals surface area (Å²) in [4.78, 5) is 16.8. The van der Waals surface area contributed by atoms with E-state index in [0.29, 0.717) is 12.0 Å². The van der Waals surface area contributed by atoms with Crippen LogP contribution in [-0.2, 0) is 4.79 Å². The van der Waals surface area contributed by atoms with Crippen LogP contribution in [0.2, 0.25) is 0 Å². The van der Waals surface area contributed by atoms with Crippen LogP contribution in [0.15, 0.2) is 66.9 Å². The van der Waals surface area contributed by atoms with E-state index in [0.717, 1.165) is 22.5 Å². The van der Waals surface area contributed by atoms with Gasteiger partial charge in [-0.05, 0) is 66.4 Å². The third kappa shape index (κ3) is 4.14. The molecule has 0 saturated heterocycles. The highest BCUT2D eigenvalue weighted by molar-refractivity contribution is 5.96. The summed E-state index contributed by atoms with van der Waals surface area (Å²) in [5, 5.41) is 2.93. The Kier molecular flexibility index (Phi) is 5.42. The Morgan fingerprint density at radius 2 is 1.85 bits per heavy atom. The molecule has 4 heteroatoms. The Bertz CT molecular complexity index is 906. The highest BCUT2D eigenvalue weighted by atomic mass is 19.1. The van der Waals surface area contributed by atoms with Crippen LogP contribution in [0.25, 0.3) is 11.1 Å². The molecule has 1 atom stereocenters. The number of carbonyl (C=O) groups is 1. The van der Waals surface area contributed by atoms with Crippen LogP contribution in [-0.4, -0.2) is 10.9 Å². The molecule has 132 valence electrons. The third-order valence-electron chi connectivity index (χ3n) is 4.36. The van der Waals surface area contributed by atoms with Crippen molar-refractivity contribution in [3.8, 4) is 11.1 Å². The van der Waals surface area contributed by atoms with Crippen molar-refractivity contribution in [3.63, 3.8) is 0 Å². The predicted octanol–water partition coefficient (Wildman–Crippen LogP) is 5.33. The van der Waals surface area contributed by atoms with Gasteiger partial charge in [-0.3, -0.25) is 9.78 Å². The second-order valence-electron chi connectivity index (χ2n) is 6.27. The first-order chi connectivity index (χ1) is 12.6. The van der Waals surface area contributed by atoms with Crippen molar-refractivity contribution in [1.82, 2.24) is 4.98 Å². The van der Waals surface area contributed by atoms with Gasteiger partial charge in [0.1, 0.15) is 5.82 Å². The fourth-order valence-corrected chi connectivity index (χ4v) is 3.00. The van der Waals surface area contributed by atoms with Crippen LogP contribution in [0.4, 0.5) is 10.1 Å². The molecule has 1 amide bonds. The predicted molar refractivity (Wildman–Crippen MR) is 102 cm³/mol. The number of rotatable bonds is 5. The van der Waals surface area contributed by atoms with Crippen LogP contribution < -0.4 is 5.32 Å². The minimum absolute atomic E-state index is 0.134. The van der Waals surface area contributed by atoms with E-state index in [2.05, 4.69) is 10.3 Å². The smallest absolute Gasteiger partial charge is 0.231 e. The molecule has 2 aromatic carbocycles. The van der Waals surface area contributed by atoms with Crippen molar-refractivity contribution in [3.05, 3.63) is 83.9 Å². The molecule has 0 fully saturated rings. The molecule has 1 N–H and O–H groups in total. The SMILES string of the molecule is CCC(C(=O)Nc1ccc(-c2ccnc(C)c2)cc1)c1cccc(F)c1. The second-order valence-corrected chi connectivity index (χ2v) is 6.27. The maximum Gasteiger partial charge on any atom is 0.231 e. The molecule has 1 unspecified atom stereocenters. The summed E-state index contributed by atoms with van der Waals surface area (Å²) in [5.41, 5.74) is 4.52. The monoisotopic (exact) mass is 348 g/mol. The number of nitrogens with zero attached hydrogens (tertiary/aromatic N) is 1. The minimum atomic E-state index is -0.381. The molecule has 0 bridgehead atoms. The maximum absolute atomic E-state index is 13.5. The van der Waals surface area contributed by atoms with Gasteiger partial charge in [-0.1, -0.05) is 31.2 Å². The third-order valence-corrected chi connectivity index (χ3v) is 4.36. The number of anilines is 1. The molecule has 26 heavy (non-hydrogen) atoms. The highest BCUT2D eigenvalue weighted by Crippen LogP contribution is 2.25. The topological polar surface area (TPSA) is 42.0 Å². The van der Waals surface area contributed by atoms with E-state index in [-0.39, 0.29) is 17.6 Å². The van der Waals surface area contributed by atoms with E-state index in [1.165, 1.54) is 12.1 Å². The van der Waals surface area contributed by atoms with Crippen LogP contribution >= 0.6 is 0 Å². The number of hydrogen-bond acceptors (Lipinski definition) is 2. The summed E-state index contributed by atoms with van der Waals surface area (Å²) in [6, 6.07) is 17.9. The van der Waals surface area contributed by atoms with Crippen LogP contribution in [0.3, 0.4) is 0 Å². The lowest BCUT2D eigenvalue weighted by Crippen LogP contribution is -2.20. The van der Waals surface area contributed by atoms with Crippen molar-refractivity contribution in [2.45, 2.75) is 26.2 Å². The summed E-state index contributed by atoms with van der Waals surface area (Å²) in [5.74, 6) is -0.843. The maximum atomic E-state index is 13.5. The normalized spacial score (nSPS) is 11.8. The van der Waals surface area contributed by atoms with Gasteiger partial charge in [-0.15, -0.1) is 0 Å². The number of carbonyl (C=O) groups excluding carboxylic acids is 1. The molecule has 0 saturated carbocycles. The number of pyridine rings is 1. The molecule has 0 aliphatic rings. The Labute approximate surface area is 152 Å². The van der Waals surface area contributed by atoms with E-state index < -0.39 is 0 Å². The van der Waals surface area contributed by atoms with E-state index in [4.69, 9.17) is 0 Å². The second kappa shape index (κ2) is 7.91. The zero-order valence-corrected chi connectivity index (χ0v) is 14.9. The molecule has 3 nitrogen and oxygen atoms in total. The van der Waals surface area contributed by atoms with Gasteiger partial charge in [0, 0.05) is 17.6 Å². The first-order valence-electron chi connectivity index (χ1n) is 8.66. The van der Waals surface area contributed by atoms with Crippen molar-refractivity contribution in [1.29, 1.82) is 0 Å². The van der Waals surface area contributed by atoms with Gasteiger partial charge in [-0.25, -0.2) is 4.39 Å². The average Bonchev–Trinajstić information content (AvgIpc) is 2.63. The summed E-state index contributed by atoms with van der Waals surface area (Å²) in [6.45, 7) is 3.87. The van der Waals surface area contributed by atoms with Gasteiger partial charge in [-0.2, -0.15) is 0 Å². The number of nitrogens with one attached hydrogen (secondary N) is 1. The summed E-state index contributed by atoms with van der Waals surface area (Å²) < 4.78 is 13.5. The van der Waals surface area contributed by atoms with Crippen molar-refractivity contribution >= 4 is 11.6 Å². The molecule has 1 aromatic heterocycles. The Balaban J connectivity index is 1.74. The molecule has 0 radical (unpaired) electrons. The molecule has 3 aromatic rings. The summed E-state index contributed by atoms with van der Waals surface area (Å²) >= 11 is 0. The quantitative estimate of drug-likeness (QED) is 0.677. The first-order valence-corrected chi connectivity index (χ1v) is 8.66. The van der Waals surface area contributed by atoms with Crippen LogP contribution in [0.1, 0.15) is 30.5 Å². The van der Waals surface area contributed by atoms with Gasteiger partial charge in [0.15, 0.2) is 0 Å². The minimum Gasteiger partial charge on any atom is -0.326 e. The van der Waals surface area contributed by atoms with Gasteiger partial charge >= 0.3 is 0 Å². The number of hydrogen-bond donors (Lipinski definition) is 1. The van der Waals surface area contributed by atoms with Crippen LogP contribution in [0.5, 0.6) is 0 Å². The first kappa shape index (κ1) is 17.8. The van der Waals surface area contributed by atoms with E-state index in [1.807, 2.05) is 50.2 Å². The Morgan fingerprint density at radius 3 is 2.50 bits per heavy atom. The number of aromatic nitrogens is 1. The number of halogens is 1. The molecular formula is C22H21FN2O. The molecule has 0 aliphatic carbocycles. The fraction of sp³-hybridized carbons (Fsp3) is 0.182. The lowest BCUT2D eigenvalue weighted by molar-refractivity contribution is -0.117. The van der Waals surface area contributed by atoms with Gasteiger partial charge in [0.25, 0.3) is 0 Å². The van der Waals surface area contributed by atoms with E-state index in [9.17, 15) is 9.18 Å². The molecule has 3 rings (SSSR count). The van der Waals surface area contributed by atoms with E-state index >= 15 is 0 Å². The molecule has 0 spiro atoms. The van der Waals surface area contributed by atoms with Crippen molar-refractivity contribution in [2.24, 2.45) is 0 Å². The highest BCUT2D eigenvalue weighted by Gasteiger charge is 2.19. The van der Waals surface area contributed by atoms with Gasteiger partial charge in [0.05, 0.1) is 5.92 Å². The lowest BCUT2D eigenvalue weighted by atomic mass is 9.95. The Morgan fingerprint density at radius 1 is 1.08 bits per heavy atom. The zero-order chi connectivity index (χ0) is 18.5. The fourth-order valence-electron chi connectivity index (χ4n) is 3.00.